The molecule has 4 aromatic rings. The molecule has 1 aromatic carbocycles. The Hall–Kier alpha value is -2.97. The Labute approximate surface area is 181 Å². The zero-order valence-electron chi connectivity index (χ0n) is 17.4. The monoisotopic (exact) mass is 436 g/mol. The fraction of sp³-hybridized carbons (Fsp3) is 0.304. The van der Waals surface area contributed by atoms with Gasteiger partial charge in [-0.25, -0.2) is 17.4 Å². The SMILES string of the molecule is Cc1ccc(S(=O)(=O)n2c(-c3ccnn3C)cc3cc(C4CCC(O)C4)cnc32)cc1. The van der Waals surface area contributed by atoms with Crippen molar-refractivity contribution in [3.8, 4) is 11.4 Å². The first-order valence-electron chi connectivity index (χ1n) is 10.3. The summed E-state index contributed by atoms with van der Waals surface area (Å²) in [7, 11) is -2.09. The van der Waals surface area contributed by atoms with Crippen LogP contribution in [0.5, 0.6) is 0 Å². The molecule has 31 heavy (non-hydrogen) atoms. The number of hydrogen-bond acceptors (Lipinski definition) is 5. The zero-order valence-corrected chi connectivity index (χ0v) is 18.2. The molecule has 5 rings (SSSR count). The van der Waals surface area contributed by atoms with Crippen molar-refractivity contribution in [3.63, 3.8) is 0 Å². The van der Waals surface area contributed by atoms with Crippen molar-refractivity contribution in [2.75, 3.05) is 0 Å². The number of hydrogen-bond donors (Lipinski definition) is 1. The van der Waals surface area contributed by atoms with Crippen molar-refractivity contribution in [1.82, 2.24) is 18.7 Å². The molecule has 3 heterocycles. The third kappa shape index (κ3) is 3.36. The van der Waals surface area contributed by atoms with E-state index in [4.69, 9.17) is 0 Å². The van der Waals surface area contributed by atoms with Crippen molar-refractivity contribution in [2.24, 2.45) is 7.05 Å². The van der Waals surface area contributed by atoms with Gasteiger partial charge in [0.05, 0.1) is 22.4 Å². The Morgan fingerprint density at radius 1 is 1.06 bits per heavy atom. The molecule has 160 valence electrons. The quantitative estimate of drug-likeness (QED) is 0.528. The van der Waals surface area contributed by atoms with E-state index in [1.165, 1.54) is 3.97 Å². The molecule has 0 amide bonds. The van der Waals surface area contributed by atoms with E-state index in [0.717, 1.165) is 29.4 Å². The Bertz CT molecular complexity index is 1370. The highest BCUT2D eigenvalue weighted by Crippen LogP contribution is 2.37. The highest BCUT2D eigenvalue weighted by Gasteiger charge is 2.28. The zero-order chi connectivity index (χ0) is 21.8. The summed E-state index contributed by atoms with van der Waals surface area (Å²) in [6.45, 7) is 1.92. The van der Waals surface area contributed by atoms with E-state index in [9.17, 15) is 13.5 Å². The van der Waals surface area contributed by atoms with Crippen LogP contribution in [0.1, 0.15) is 36.3 Å². The molecule has 1 aliphatic rings. The van der Waals surface area contributed by atoms with E-state index < -0.39 is 10.0 Å². The van der Waals surface area contributed by atoms with Crippen LogP contribution in [-0.4, -0.2) is 38.4 Å². The number of pyridine rings is 1. The number of aromatic nitrogens is 4. The third-order valence-electron chi connectivity index (χ3n) is 6.14. The van der Waals surface area contributed by atoms with Gasteiger partial charge in [0.2, 0.25) is 0 Å². The Kier molecular flexibility index (Phi) is 4.71. The van der Waals surface area contributed by atoms with Gasteiger partial charge in [-0.2, -0.15) is 5.10 Å². The fourth-order valence-electron chi connectivity index (χ4n) is 4.43. The summed E-state index contributed by atoms with van der Waals surface area (Å²) in [5, 5.41) is 14.9. The van der Waals surface area contributed by atoms with Crippen LogP contribution >= 0.6 is 0 Å². The summed E-state index contributed by atoms with van der Waals surface area (Å²) in [5.41, 5.74) is 3.62. The van der Waals surface area contributed by atoms with E-state index >= 15 is 0 Å². The standard InChI is InChI=1S/C23H24N4O3S/c1-15-3-7-20(8-4-15)31(29,30)27-22(21-9-10-25-26(21)2)13-17-11-18(14-24-23(17)27)16-5-6-19(28)12-16/h3-4,7-11,13-14,16,19,28H,5-6,12H2,1-2H3. The number of nitrogens with zero attached hydrogens (tertiary/aromatic N) is 4. The highest BCUT2D eigenvalue weighted by atomic mass is 32.2. The average Bonchev–Trinajstić information content (AvgIpc) is 3.45. The summed E-state index contributed by atoms with van der Waals surface area (Å²) in [6, 6.07) is 12.5. The normalized spacial score (nSPS) is 19.3. The molecular formula is C23H24N4O3S. The number of fused-ring (bicyclic) bond motifs is 1. The lowest BCUT2D eigenvalue weighted by Gasteiger charge is -2.13. The van der Waals surface area contributed by atoms with Crippen LogP contribution in [0.25, 0.3) is 22.4 Å². The first kappa shape index (κ1) is 20.0. The molecular weight excluding hydrogens is 412 g/mol. The van der Waals surface area contributed by atoms with E-state index in [1.807, 2.05) is 19.1 Å². The lowest BCUT2D eigenvalue weighted by atomic mass is 9.99. The fourth-order valence-corrected chi connectivity index (χ4v) is 5.91. The molecule has 8 heteroatoms. The van der Waals surface area contributed by atoms with Gasteiger partial charge in [0.1, 0.15) is 0 Å². The summed E-state index contributed by atoms with van der Waals surface area (Å²) in [6.07, 6.45) is 5.52. The van der Waals surface area contributed by atoms with Crippen molar-refractivity contribution in [2.45, 2.75) is 43.1 Å². The molecule has 3 aromatic heterocycles. The molecule has 1 aliphatic carbocycles. The summed E-state index contributed by atoms with van der Waals surface area (Å²) in [4.78, 5) is 4.80. The minimum atomic E-state index is -3.88. The molecule has 1 saturated carbocycles. The molecule has 2 unspecified atom stereocenters. The van der Waals surface area contributed by atoms with Crippen molar-refractivity contribution in [3.05, 3.63) is 66.0 Å². The first-order valence-corrected chi connectivity index (χ1v) is 11.8. The van der Waals surface area contributed by atoms with Crippen molar-refractivity contribution >= 4 is 21.1 Å². The maximum Gasteiger partial charge on any atom is 0.269 e. The maximum absolute atomic E-state index is 13.7. The van der Waals surface area contributed by atoms with Crippen LogP contribution in [0, 0.1) is 6.92 Å². The van der Waals surface area contributed by atoms with Crippen LogP contribution in [0.2, 0.25) is 0 Å². The number of rotatable bonds is 4. The predicted molar refractivity (Wildman–Crippen MR) is 118 cm³/mol. The van der Waals surface area contributed by atoms with Crippen molar-refractivity contribution < 1.29 is 13.5 Å². The van der Waals surface area contributed by atoms with Gasteiger partial charge in [-0.15, -0.1) is 0 Å². The lowest BCUT2D eigenvalue weighted by molar-refractivity contribution is 0.181. The molecule has 1 fully saturated rings. The van der Waals surface area contributed by atoms with Crippen LogP contribution in [0.3, 0.4) is 0 Å². The van der Waals surface area contributed by atoms with Crippen LogP contribution in [0.4, 0.5) is 0 Å². The second kappa shape index (κ2) is 7.32. The molecule has 7 nitrogen and oxygen atoms in total. The largest absolute Gasteiger partial charge is 0.393 e. The van der Waals surface area contributed by atoms with Crippen molar-refractivity contribution in [1.29, 1.82) is 0 Å². The van der Waals surface area contributed by atoms with Crippen LogP contribution < -0.4 is 0 Å². The van der Waals surface area contributed by atoms with E-state index in [0.29, 0.717) is 23.5 Å². The van der Waals surface area contributed by atoms with Gasteiger partial charge < -0.3 is 5.11 Å². The second-order valence-electron chi connectivity index (χ2n) is 8.30. The summed E-state index contributed by atoms with van der Waals surface area (Å²) >= 11 is 0. The number of aliphatic hydroxyl groups excluding tert-OH is 1. The topological polar surface area (TPSA) is 90.0 Å². The van der Waals surface area contributed by atoms with Gasteiger partial charge in [-0.3, -0.25) is 4.68 Å². The predicted octanol–water partition coefficient (Wildman–Crippen LogP) is 3.61. The summed E-state index contributed by atoms with van der Waals surface area (Å²) < 4.78 is 30.4. The Morgan fingerprint density at radius 2 is 1.84 bits per heavy atom. The second-order valence-corrected chi connectivity index (χ2v) is 10.1. The molecule has 1 N–H and O–H groups in total. The molecule has 0 bridgehead atoms. The van der Waals surface area contributed by atoms with Gasteiger partial charge >= 0.3 is 0 Å². The van der Waals surface area contributed by atoms with Gasteiger partial charge in [0.15, 0.2) is 5.65 Å². The minimum Gasteiger partial charge on any atom is -0.393 e. The maximum atomic E-state index is 13.7. The lowest BCUT2D eigenvalue weighted by Crippen LogP contribution is -2.15. The van der Waals surface area contributed by atoms with E-state index in [2.05, 4.69) is 10.1 Å². The highest BCUT2D eigenvalue weighted by molar-refractivity contribution is 7.90. The summed E-state index contributed by atoms with van der Waals surface area (Å²) in [5.74, 6) is 0.240. The molecule has 0 spiro atoms. The first-order chi connectivity index (χ1) is 14.8. The Balaban J connectivity index is 1.73. The number of aryl methyl sites for hydroxylation is 2. The number of benzene rings is 1. The third-order valence-corrected chi connectivity index (χ3v) is 7.86. The number of aliphatic hydroxyl groups is 1. The van der Waals surface area contributed by atoms with Gasteiger partial charge in [-0.1, -0.05) is 17.7 Å². The van der Waals surface area contributed by atoms with E-state index in [1.54, 1.807) is 54.5 Å². The van der Waals surface area contributed by atoms with Gasteiger partial charge in [0, 0.05) is 24.8 Å². The minimum absolute atomic E-state index is 0.212. The molecule has 0 radical (unpaired) electrons. The molecule has 2 atom stereocenters. The van der Waals surface area contributed by atoms with Crippen LogP contribution in [-0.2, 0) is 17.1 Å². The molecule has 0 aliphatic heterocycles. The van der Waals surface area contributed by atoms with E-state index in [-0.39, 0.29) is 16.9 Å². The smallest absolute Gasteiger partial charge is 0.269 e. The van der Waals surface area contributed by atoms with Gasteiger partial charge in [-0.05, 0) is 68.0 Å². The Morgan fingerprint density at radius 3 is 2.48 bits per heavy atom. The average molecular weight is 437 g/mol. The van der Waals surface area contributed by atoms with Gasteiger partial charge in [0.25, 0.3) is 10.0 Å². The molecule has 0 saturated heterocycles. The van der Waals surface area contributed by atoms with Crippen LogP contribution in [0.15, 0.2) is 59.8 Å².